The van der Waals surface area contributed by atoms with E-state index in [0.717, 1.165) is 17.1 Å². The fourth-order valence-electron chi connectivity index (χ4n) is 4.30. The molecule has 160 valence electrons. The molecular formula is C28H28N3O+. The van der Waals surface area contributed by atoms with Gasteiger partial charge < -0.3 is 4.74 Å². The molecule has 4 aromatic rings. The first-order valence-electron chi connectivity index (χ1n) is 11.2. The molecule has 1 aliphatic rings. The van der Waals surface area contributed by atoms with Crippen LogP contribution in [0.4, 0.5) is 0 Å². The highest BCUT2D eigenvalue weighted by atomic mass is 16.5. The number of rotatable bonds is 6. The van der Waals surface area contributed by atoms with Gasteiger partial charge in [0.15, 0.2) is 0 Å². The van der Waals surface area contributed by atoms with E-state index >= 15 is 0 Å². The van der Waals surface area contributed by atoms with Crippen molar-refractivity contribution in [2.75, 3.05) is 6.61 Å². The number of hydrogen-bond acceptors (Lipinski definition) is 2. The molecule has 0 aliphatic carbocycles. The SMILES string of the molecule is CC(C)[n+]1ccn(-c2cccc(C3=NC(C(c4ccccc4)c4ccccc4)CO3)c2)c1. The van der Waals surface area contributed by atoms with Crippen LogP contribution in [0.25, 0.3) is 5.69 Å². The van der Waals surface area contributed by atoms with Crippen LogP contribution in [0.3, 0.4) is 0 Å². The van der Waals surface area contributed by atoms with E-state index in [2.05, 4.69) is 127 Å². The Kier molecular flexibility index (Phi) is 5.59. The molecular weight excluding hydrogens is 394 g/mol. The molecule has 1 aliphatic heterocycles. The van der Waals surface area contributed by atoms with Crippen LogP contribution in [0.1, 0.15) is 42.5 Å². The summed E-state index contributed by atoms with van der Waals surface area (Å²) in [5.74, 6) is 0.880. The van der Waals surface area contributed by atoms with E-state index in [1.165, 1.54) is 11.1 Å². The second-order valence-corrected chi connectivity index (χ2v) is 8.52. The van der Waals surface area contributed by atoms with E-state index in [-0.39, 0.29) is 12.0 Å². The molecule has 1 aromatic heterocycles. The normalized spacial score (nSPS) is 15.8. The molecule has 0 fully saturated rings. The van der Waals surface area contributed by atoms with Crippen molar-refractivity contribution in [3.63, 3.8) is 0 Å². The fourth-order valence-corrected chi connectivity index (χ4v) is 4.30. The first kappa shape index (κ1) is 20.3. The van der Waals surface area contributed by atoms with Gasteiger partial charge in [-0.05, 0) is 43.2 Å². The second-order valence-electron chi connectivity index (χ2n) is 8.52. The Morgan fingerprint density at radius 3 is 2.22 bits per heavy atom. The van der Waals surface area contributed by atoms with Crippen LogP contribution >= 0.6 is 0 Å². The zero-order valence-electron chi connectivity index (χ0n) is 18.5. The number of aromatic nitrogens is 2. The van der Waals surface area contributed by atoms with Crippen LogP contribution in [-0.4, -0.2) is 23.1 Å². The van der Waals surface area contributed by atoms with Gasteiger partial charge in [0.05, 0.1) is 12.1 Å². The Hall–Kier alpha value is -3.66. The summed E-state index contributed by atoms with van der Waals surface area (Å²) in [4.78, 5) is 5.06. The van der Waals surface area contributed by atoms with Crippen molar-refractivity contribution >= 4 is 5.90 Å². The average Bonchev–Trinajstić information content (AvgIpc) is 3.52. The molecule has 4 heteroatoms. The van der Waals surface area contributed by atoms with Crippen molar-refractivity contribution in [3.05, 3.63) is 120 Å². The monoisotopic (exact) mass is 422 g/mol. The van der Waals surface area contributed by atoms with Gasteiger partial charge in [-0.1, -0.05) is 66.7 Å². The third-order valence-electron chi connectivity index (χ3n) is 6.02. The summed E-state index contributed by atoms with van der Waals surface area (Å²) < 4.78 is 10.5. The molecule has 0 saturated carbocycles. The second kappa shape index (κ2) is 8.83. The van der Waals surface area contributed by atoms with Crippen molar-refractivity contribution < 1.29 is 9.30 Å². The molecule has 0 bridgehead atoms. The molecule has 0 N–H and O–H groups in total. The zero-order chi connectivity index (χ0) is 21.9. The largest absolute Gasteiger partial charge is 0.475 e. The van der Waals surface area contributed by atoms with Gasteiger partial charge in [0.25, 0.3) is 0 Å². The number of benzene rings is 3. The number of nitrogens with zero attached hydrogens (tertiary/aromatic N) is 3. The lowest BCUT2D eigenvalue weighted by molar-refractivity contribution is -0.715. The van der Waals surface area contributed by atoms with Gasteiger partial charge in [0, 0.05) is 11.5 Å². The standard InChI is InChI=1S/C28H28N3O/c1-21(2)30-16-17-31(20-30)25-15-9-14-24(18-25)28-29-26(19-32-28)27(22-10-5-3-6-11-22)23-12-7-4-8-13-23/h3-18,20-21,26-27H,19H2,1-2H3/q+1. The van der Waals surface area contributed by atoms with Gasteiger partial charge in [-0.3, -0.25) is 0 Å². The van der Waals surface area contributed by atoms with Gasteiger partial charge in [-0.25, -0.2) is 14.1 Å². The number of hydrogen-bond donors (Lipinski definition) is 0. The molecule has 4 nitrogen and oxygen atoms in total. The van der Waals surface area contributed by atoms with Gasteiger partial charge in [0.2, 0.25) is 12.2 Å². The highest BCUT2D eigenvalue weighted by Crippen LogP contribution is 2.33. The van der Waals surface area contributed by atoms with Crippen LogP contribution in [0.2, 0.25) is 0 Å². The maximum Gasteiger partial charge on any atom is 0.249 e. The number of aliphatic imine (C=N–C) groups is 1. The van der Waals surface area contributed by atoms with Crippen LogP contribution in [-0.2, 0) is 4.74 Å². The molecule has 0 radical (unpaired) electrons. The summed E-state index contributed by atoms with van der Waals surface area (Å²) in [5.41, 5.74) is 4.63. The minimum absolute atomic E-state index is 0.0353. The van der Waals surface area contributed by atoms with Crippen molar-refractivity contribution in [2.24, 2.45) is 4.99 Å². The third-order valence-corrected chi connectivity index (χ3v) is 6.02. The summed E-state index contributed by atoms with van der Waals surface area (Å²) in [6, 6.07) is 30.1. The summed E-state index contributed by atoms with van der Waals surface area (Å²) in [6.45, 7) is 4.93. The lowest BCUT2D eigenvalue weighted by Gasteiger charge is -2.21. The van der Waals surface area contributed by atoms with E-state index < -0.39 is 0 Å². The molecule has 1 atom stereocenters. The van der Waals surface area contributed by atoms with E-state index in [1.54, 1.807) is 0 Å². The molecule has 1 unspecified atom stereocenters. The topological polar surface area (TPSA) is 30.4 Å². The molecule has 0 amide bonds. The van der Waals surface area contributed by atoms with Crippen molar-refractivity contribution in [3.8, 4) is 5.69 Å². The van der Waals surface area contributed by atoms with Crippen molar-refractivity contribution in [1.82, 2.24) is 4.57 Å². The smallest absolute Gasteiger partial charge is 0.249 e. The minimum atomic E-state index is 0.0353. The maximum atomic E-state index is 6.15. The summed E-state index contributed by atoms with van der Waals surface area (Å²) in [5, 5.41) is 0. The first-order chi connectivity index (χ1) is 15.7. The van der Waals surface area contributed by atoms with Crippen LogP contribution in [0, 0.1) is 0 Å². The third kappa shape index (κ3) is 4.09. The van der Waals surface area contributed by atoms with E-state index in [1.807, 2.05) is 0 Å². The van der Waals surface area contributed by atoms with Gasteiger partial charge in [0.1, 0.15) is 24.7 Å². The lowest BCUT2D eigenvalue weighted by Crippen LogP contribution is -2.33. The number of ether oxygens (including phenoxy) is 1. The minimum Gasteiger partial charge on any atom is -0.475 e. The lowest BCUT2D eigenvalue weighted by atomic mass is 9.86. The quantitative estimate of drug-likeness (QED) is 0.387. The summed E-state index contributed by atoms with van der Waals surface area (Å²) >= 11 is 0. The fraction of sp³-hybridized carbons (Fsp3) is 0.214. The van der Waals surface area contributed by atoms with Gasteiger partial charge >= 0.3 is 0 Å². The molecule has 3 aromatic carbocycles. The van der Waals surface area contributed by atoms with Crippen molar-refractivity contribution in [1.29, 1.82) is 0 Å². The first-order valence-corrected chi connectivity index (χ1v) is 11.2. The molecule has 5 rings (SSSR count). The predicted octanol–water partition coefficient (Wildman–Crippen LogP) is 5.32. The Morgan fingerprint density at radius 1 is 0.906 bits per heavy atom. The maximum absolute atomic E-state index is 6.15. The van der Waals surface area contributed by atoms with Crippen LogP contribution < -0.4 is 4.57 Å². The van der Waals surface area contributed by atoms with Gasteiger partial charge in [-0.2, -0.15) is 0 Å². The Bertz CT molecular complexity index is 1170. The van der Waals surface area contributed by atoms with Gasteiger partial charge in [-0.15, -0.1) is 0 Å². The van der Waals surface area contributed by atoms with E-state index in [0.29, 0.717) is 12.6 Å². The summed E-state index contributed by atoms with van der Waals surface area (Å²) in [7, 11) is 0. The zero-order valence-corrected chi connectivity index (χ0v) is 18.5. The Morgan fingerprint density at radius 2 is 1.59 bits per heavy atom. The van der Waals surface area contributed by atoms with Crippen molar-refractivity contribution in [2.45, 2.75) is 31.8 Å². The highest BCUT2D eigenvalue weighted by Gasteiger charge is 2.30. The molecule has 0 saturated heterocycles. The van der Waals surface area contributed by atoms with Crippen LogP contribution in [0.5, 0.6) is 0 Å². The Balaban J connectivity index is 1.46. The Labute approximate surface area is 189 Å². The van der Waals surface area contributed by atoms with E-state index in [9.17, 15) is 0 Å². The molecule has 32 heavy (non-hydrogen) atoms. The average molecular weight is 423 g/mol. The molecule has 2 heterocycles. The predicted molar refractivity (Wildman–Crippen MR) is 127 cm³/mol. The number of imidazole rings is 1. The highest BCUT2D eigenvalue weighted by molar-refractivity contribution is 5.95. The van der Waals surface area contributed by atoms with Crippen LogP contribution in [0.15, 0.2) is 109 Å². The summed E-state index contributed by atoms with van der Waals surface area (Å²) in [6.07, 6.45) is 6.30. The molecule has 0 spiro atoms. The van der Waals surface area contributed by atoms with E-state index in [4.69, 9.17) is 9.73 Å².